The van der Waals surface area contributed by atoms with Crippen LogP contribution in [0.1, 0.15) is 77.0 Å². The van der Waals surface area contributed by atoms with Gasteiger partial charge in [0, 0.05) is 54.6 Å². The number of anilines is 5. The third kappa shape index (κ3) is 33.8. The lowest BCUT2D eigenvalue weighted by Gasteiger charge is -2.39. The number of nitrogens with one attached hydrogen (secondary N) is 13. The van der Waals surface area contributed by atoms with Crippen LogP contribution >= 0.6 is 61.1 Å². The van der Waals surface area contributed by atoms with Gasteiger partial charge < -0.3 is 224 Å². The maximum atomic E-state index is 15.4. The quantitative estimate of drug-likeness (QED) is 0.0128. The summed E-state index contributed by atoms with van der Waals surface area (Å²) in [6.45, 7) is -2.57. The van der Waals surface area contributed by atoms with Gasteiger partial charge in [-0.2, -0.15) is 0 Å². The minimum absolute atomic E-state index is 0.0180. The van der Waals surface area contributed by atoms with Gasteiger partial charge in [0.15, 0.2) is 25.6 Å². The summed E-state index contributed by atoms with van der Waals surface area (Å²) in [5, 5.41) is 254. The lowest BCUT2D eigenvalue weighted by Crippen LogP contribution is -2.60. The van der Waals surface area contributed by atoms with Gasteiger partial charge in [-0.25, -0.2) is 4.79 Å². The minimum atomic E-state index is -1.73. The van der Waals surface area contributed by atoms with Crippen LogP contribution in [0.25, 0.3) is 0 Å². The Morgan fingerprint density at radius 1 is 0.254 bits per heavy atom. The average molecular weight is 2100 g/mol. The SMILES string of the molecule is O=C(O)[C@H](CCCCNC(=S)Nc1ccc(O[C@H]2O[C@H](CO)[C@@H](O)[C@H](O)[C@@H]2O)cc1)NC(=O)[C@H](CCCCNC(=S)Nc1ccc(O[C@H]2O[C@H](CO)[C@@H](O)[C@H](O)[C@@H]2O)cc1)NC(=O)[C@H](CCCCNC(=S)Nc1ccc(O[C@H]2O[C@H](CO)[C@@H](O)[C@H](O)[C@@H]2O)cc1)NC(=O)[C@H](CCCCNC(=S)Nc1ccc(O[C@H]2O[C@H](CO)[C@@H](O)[C@H](O)[C@@H]2O)cc1)NC(=S)Nc1ccc(O[C@H]2O[C@H](CO)[C@@H](O)[C@H](O)[C@@H]2O)cc1. The van der Waals surface area contributed by atoms with E-state index in [0.29, 0.717) is 41.3 Å². The number of hydrogen-bond acceptors (Lipinski definition) is 39. The molecule has 53 heteroatoms. The summed E-state index contributed by atoms with van der Waals surface area (Å²) in [5.74, 6) is -3.13. The maximum Gasteiger partial charge on any atom is 0.326 e. The first-order chi connectivity index (χ1) is 68.0. The molecule has 5 aliphatic heterocycles. The topological polar surface area (TPSA) is 742 Å². The summed E-state index contributed by atoms with van der Waals surface area (Å²) in [5.41, 5.74) is 2.23. The van der Waals surface area contributed by atoms with Crippen LogP contribution in [0.15, 0.2) is 121 Å². The average Bonchev–Trinajstić information content (AvgIpc) is 0.819. The Labute approximate surface area is 841 Å². The number of rotatable bonds is 48. The number of ether oxygens (including phenoxy) is 10. The number of amides is 3. The molecule has 0 spiro atoms. The summed E-state index contributed by atoms with van der Waals surface area (Å²) in [4.78, 5) is 58.7. The summed E-state index contributed by atoms with van der Waals surface area (Å²) >= 11 is 28.2. The van der Waals surface area contributed by atoms with Crippen molar-refractivity contribution in [1.82, 2.24) is 42.5 Å². The summed E-state index contributed by atoms with van der Waals surface area (Å²) in [6, 6.07) is 24.9. The highest BCUT2D eigenvalue weighted by atomic mass is 32.1. The normalized spacial score (nSPS) is 28.3. The molecule has 3 amide bonds. The molecule has 0 saturated carbocycles. The van der Waals surface area contributed by atoms with Crippen LogP contribution in [-0.4, -0.2) is 393 Å². The first kappa shape index (κ1) is 114. The Balaban J connectivity index is 0.836. The predicted molar refractivity (Wildman–Crippen MR) is 523 cm³/mol. The van der Waals surface area contributed by atoms with E-state index in [4.69, 9.17) is 108 Å². The van der Waals surface area contributed by atoms with Crippen LogP contribution in [0.5, 0.6) is 28.7 Å². The van der Waals surface area contributed by atoms with Gasteiger partial charge in [-0.1, -0.05) is 0 Å². The number of aliphatic hydroxyl groups excluding tert-OH is 20. The number of carbonyl (C=O) groups excluding carboxylic acids is 3. The third-order valence-electron chi connectivity index (χ3n) is 23.4. The van der Waals surface area contributed by atoms with E-state index in [9.17, 15) is 117 Å². The minimum Gasteiger partial charge on any atom is -0.480 e. The van der Waals surface area contributed by atoms with Gasteiger partial charge in [0.1, 0.15) is 175 Å². The van der Waals surface area contributed by atoms with Gasteiger partial charge in [0.25, 0.3) is 0 Å². The first-order valence-electron chi connectivity index (χ1n) is 45.7. The first-order valence-corrected chi connectivity index (χ1v) is 47.8. The van der Waals surface area contributed by atoms with Crippen LogP contribution in [0, 0.1) is 0 Å². The fourth-order valence-electron chi connectivity index (χ4n) is 15.2. The molecular formula is C89H125N13O35S5. The van der Waals surface area contributed by atoms with Gasteiger partial charge in [-0.3, -0.25) is 14.4 Å². The molecule has 34 N–H and O–H groups in total. The van der Waals surface area contributed by atoms with E-state index < -0.39 is 234 Å². The Kier molecular flexibility index (Phi) is 45.7. The van der Waals surface area contributed by atoms with Crippen molar-refractivity contribution in [3.8, 4) is 28.7 Å². The molecular weight excluding hydrogens is 1970 g/mol. The fraction of sp³-hybridized carbons (Fsp3) is 0.562. The van der Waals surface area contributed by atoms with Crippen LogP contribution in [0.2, 0.25) is 0 Å². The molecule has 5 fully saturated rings. The zero-order valence-corrected chi connectivity index (χ0v) is 80.4. The molecule has 142 heavy (non-hydrogen) atoms. The molecule has 786 valence electrons. The van der Waals surface area contributed by atoms with Crippen molar-refractivity contribution in [2.45, 2.75) is 255 Å². The number of unbranched alkanes of at least 4 members (excludes halogenated alkanes) is 4. The summed E-state index contributed by atoms with van der Waals surface area (Å²) in [6.07, 6.45) is -36.5. The zero-order chi connectivity index (χ0) is 103. The third-order valence-corrected chi connectivity index (χ3v) is 24.6. The number of carbonyl (C=O) groups is 4. The lowest BCUT2D eigenvalue weighted by molar-refractivity contribution is -0.277. The number of carboxylic acid groups (broad SMARTS) is 1. The van der Waals surface area contributed by atoms with Crippen molar-refractivity contribution in [2.24, 2.45) is 0 Å². The van der Waals surface area contributed by atoms with Crippen LogP contribution < -0.4 is 92.8 Å². The second kappa shape index (κ2) is 56.8. The molecule has 0 aromatic heterocycles. The van der Waals surface area contributed by atoms with Crippen molar-refractivity contribution in [1.29, 1.82) is 0 Å². The van der Waals surface area contributed by atoms with Crippen molar-refractivity contribution in [3.05, 3.63) is 121 Å². The van der Waals surface area contributed by atoms with E-state index in [2.05, 4.69) is 69.1 Å². The Morgan fingerprint density at radius 3 is 0.634 bits per heavy atom. The Bertz CT molecular complexity index is 4800. The Morgan fingerprint density at radius 2 is 0.437 bits per heavy atom. The van der Waals surface area contributed by atoms with Crippen LogP contribution in [-0.2, 0) is 42.9 Å². The fourth-order valence-corrected chi connectivity index (χ4v) is 16.3. The zero-order valence-electron chi connectivity index (χ0n) is 76.3. The van der Waals surface area contributed by atoms with Crippen molar-refractivity contribution < 1.29 is 174 Å². The molecule has 0 unspecified atom stereocenters. The number of thiocarbonyl (C=S) groups is 5. The highest BCUT2D eigenvalue weighted by molar-refractivity contribution is 7.81. The van der Waals surface area contributed by atoms with E-state index in [1.165, 1.54) is 72.8 Å². The number of aliphatic hydroxyl groups is 20. The molecule has 48 nitrogen and oxygen atoms in total. The summed E-state index contributed by atoms with van der Waals surface area (Å²) < 4.78 is 56.0. The number of benzene rings is 5. The number of carboxylic acids is 1. The molecule has 0 radical (unpaired) electrons. The van der Waals surface area contributed by atoms with Gasteiger partial charge >= 0.3 is 5.97 Å². The van der Waals surface area contributed by atoms with Gasteiger partial charge in [0.05, 0.1) is 33.0 Å². The van der Waals surface area contributed by atoms with E-state index >= 15 is 9.59 Å². The molecule has 5 aromatic carbocycles. The van der Waals surface area contributed by atoms with Crippen molar-refractivity contribution in [3.63, 3.8) is 0 Å². The van der Waals surface area contributed by atoms with Crippen molar-refractivity contribution in [2.75, 3.05) is 85.8 Å². The van der Waals surface area contributed by atoms with Crippen LogP contribution in [0.4, 0.5) is 28.4 Å². The largest absolute Gasteiger partial charge is 0.480 e. The number of hydrogen-bond donors (Lipinski definition) is 34. The van der Waals surface area contributed by atoms with Gasteiger partial charge in [-0.05, 0) is 259 Å². The molecule has 5 heterocycles. The van der Waals surface area contributed by atoms with Crippen molar-refractivity contribution >= 4 is 139 Å². The molecule has 5 aliphatic rings. The molecule has 10 rings (SSSR count). The smallest absolute Gasteiger partial charge is 0.326 e. The Hall–Kier alpha value is -9.57. The molecule has 5 saturated heterocycles. The van der Waals surface area contributed by atoms with E-state index in [0.717, 1.165) is 0 Å². The highest BCUT2D eigenvalue weighted by Crippen LogP contribution is 2.33. The number of aliphatic carboxylic acids is 1. The van der Waals surface area contributed by atoms with Crippen LogP contribution in [0.3, 0.4) is 0 Å². The molecule has 29 atom stereocenters. The monoisotopic (exact) mass is 2100 g/mol. The highest BCUT2D eigenvalue weighted by Gasteiger charge is 2.50. The van der Waals surface area contributed by atoms with Gasteiger partial charge in [-0.15, -0.1) is 0 Å². The standard InChI is InChI=1S/C89H125N13O35S5/c103-37-56-61(108)66(113)71(118)80(133-56)128-47-23-13-42(14-24-47)94-85(138)90-33-5-1-9-52(100-78(125)54(102-89(142)98-46-21-31-51(32-22-46)132-84-75(122)70(117)65(112)60(41-107)137-84)11-3-7-35-92-87(140)96-44-17-27-49(28-18-44)130-82-73(120)68(115)63(110)58(39-105)135-82)76(123)99-53(10-2-6-34-91-86(139)95-43-15-25-48(26-16-43)129-81-72(119)67(114)62(109)57(38-104)134-81)77(124)101-55(79(126)127)12-4-8-36-93-88(141)97-45-19-29-50(30-20-45)131-83-74(121)69(116)64(111)59(40-106)136-83/h13-32,52-75,80-84,103-122H,1-12,33-41H2,(H,99,123)(H,100,125)(H,101,124)(H,126,127)(H2,90,94,138)(H2,91,95,139)(H2,92,96,140)(H2,93,97,141)(H2,98,102,142)/t52-,53-,54-,55-,56+,57+,58+,59+,60+,61+,62+,63+,64+,65+,66-,67-,68-,69-,70-,71-,72-,73-,74-,75-,80-,81-,82-,83-,84-/m0/s1. The second-order valence-corrected chi connectivity index (χ2v) is 35.9. The van der Waals surface area contributed by atoms with E-state index in [1.807, 2.05) is 0 Å². The van der Waals surface area contributed by atoms with E-state index in [1.54, 1.807) is 48.5 Å². The molecule has 0 bridgehead atoms. The van der Waals surface area contributed by atoms with Gasteiger partial charge in [0.2, 0.25) is 49.2 Å². The predicted octanol–water partition coefficient (Wildman–Crippen LogP) is -5.60. The summed E-state index contributed by atoms with van der Waals surface area (Å²) in [7, 11) is 0. The molecule has 5 aromatic rings. The lowest BCUT2D eigenvalue weighted by atomic mass is 9.99. The second-order valence-electron chi connectivity index (χ2n) is 33.9. The molecule has 0 aliphatic carbocycles. The van der Waals surface area contributed by atoms with E-state index in [-0.39, 0.29) is 145 Å². The maximum absolute atomic E-state index is 15.4.